The highest BCUT2D eigenvalue weighted by Gasteiger charge is 2.78. The van der Waals surface area contributed by atoms with Crippen molar-refractivity contribution in [3.8, 4) is 0 Å². The number of aliphatic hydroxyl groups is 1. The van der Waals surface area contributed by atoms with Crippen LogP contribution in [-0.2, 0) is 14.4 Å². The van der Waals surface area contributed by atoms with Crippen molar-refractivity contribution in [2.45, 2.75) is 54.7 Å². The van der Waals surface area contributed by atoms with Crippen molar-refractivity contribution in [3.05, 3.63) is 104 Å². The molecule has 7 nitrogen and oxygen atoms in total. The van der Waals surface area contributed by atoms with E-state index in [1.54, 1.807) is 33.7 Å². The molecule has 3 saturated heterocycles. The monoisotopic (exact) mass is 637 g/mol. The molecule has 3 aromatic carbocycles. The third-order valence-electron chi connectivity index (χ3n) is 10.2. The Bertz CT molecular complexity index is 1660. The van der Waals surface area contributed by atoms with E-state index in [0.29, 0.717) is 25.2 Å². The topological polar surface area (TPSA) is 81.2 Å². The van der Waals surface area contributed by atoms with Crippen molar-refractivity contribution in [1.82, 2.24) is 9.80 Å². The van der Waals surface area contributed by atoms with Crippen LogP contribution >= 0.6 is 11.8 Å². The van der Waals surface area contributed by atoms with E-state index < -0.39 is 33.4 Å². The van der Waals surface area contributed by atoms with Crippen molar-refractivity contribution in [3.63, 3.8) is 0 Å². The van der Waals surface area contributed by atoms with Crippen LogP contribution in [-0.4, -0.2) is 74.4 Å². The molecule has 46 heavy (non-hydrogen) atoms. The summed E-state index contributed by atoms with van der Waals surface area (Å²) in [6.07, 6.45) is 5.57. The molecule has 3 aliphatic rings. The Labute approximate surface area is 275 Å². The fourth-order valence-corrected chi connectivity index (χ4v) is 10.6. The number of nitrogens with zero attached hydrogens (tertiary/aromatic N) is 3. The number of carbonyl (C=O) groups is 3. The summed E-state index contributed by atoms with van der Waals surface area (Å²) in [5.74, 6) is -1.79. The molecule has 0 saturated carbocycles. The van der Waals surface area contributed by atoms with Gasteiger partial charge in [0.1, 0.15) is 6.04 Å². The van der Waals surface area contributed by atoms with Gasteiger partial charge in [0.15, 0.2) is 0 Å². The number of aliphatic hydroxyl groups excluding tert-OH is 1. The Balaban J connectivity index is 1.50. The second kappa shape index (κ2) is 12.7. The minimum Gasteiger partial charge on any atom is -0.394 e. The van der Waals surface area contributed by atoms with Crippen molar-refractivity contribution in [2.24, 2.45) is 11.8 Å². The van der Waals surface area contributed by atoms with Crippen molar-refractivity contribution >= 4 is 45.9 Å². The zero-order chi connectivity index (χ0) is 32.6. The van der Waals surface area contributed by atoms with E-state index in [4.69, 9.17) is 0 Å². The third kappa shape index (κ3) is 5.06. The average Bonchev–Trinajstić information content (AvgIpc) is 3.64. The zero-order valence-electron chi connectivity index (χ0n) is 26.7. The van der Waals surface area contributed by atoms with Gasteiger partial charge in [0.25, 0.3) is 5.91 Å². The molecule has 2 unspecified atom stereocenters. The van der Waals surface area contributed by atoms with Gasteiger partial charge in [-0.2, -0.15) is 0 Å². The van der Waals surface area contributed by atoms with E-state index in [2.05, 4.69) is 20.1 Å². The SMILES string of the molecule is C=CCN(CCC)C(=O)[C@H]1[C@H]2C(=O)N([C@H](CO)c3ccccc3)C(C(=O)N(CC=C)c3ccc4ccccc4c3)C23CC[C@]1(C)S3. The van der Waals surface area contributed by atoms with Gasteiger partial charge in [0, 0.05) is 30.1 Å². The predicted molar refractivity (Wildman–Crippen MR) is 185 cm³/mol. The normalized spacial score (nSPS) is 27.0. The molecule has 6 atom stereocenters. The Morgan fingerprint density at radius 1 is 1.00 bits per heavy atom. The number of rotatable bonds is 12. The highest BCUT2D eigenvalue weighted by Crippen LogP contribution is 2.72. The minimum absolute atomic E-state index is 0.0533. The Morgan fingerprint density at radius 3 is 2.37 bits per heavy atom. The molecule has 3 heterocycles. The molecule has 3 fully saturated rings. The van der Waals surface area contributed by atoms with Gasteiger partial charge in [-0.15, -0.1) is 24.9 Å². The number of hydrogen-bond donors (Lipinski definition) is 1. The summed E-state index contributed by atoms with van der Waals surface area (Å²) >= 11 is 1.65. The first-order valence-electron chi connectivity index (χ1n) is 16.2. The molecule has 3 aliphatic heterocycles. The summed E-state index contributed by atoms with van der Waals surface area (Å²) in [7, 11) is 0. The smallest absolute Gasteiger partial charge is 0.251 e. The maximum atomic E-state index is 15.2. The van der Waals surface area contributed by atoms with Crippen LogP contribution in [0, 0.1) is 11.8 Å². The second-order valence-corrected chi connectivity index (χ2v) is 14.8. The van der Waals surface area contributed by atoms with Crippen LogP contribution in [0.5, 0.6) is 0 Å². The lowest BCUT2D eigenvalue weighted by Crippen LogP contribution is -2.56. The van der Waals surface area contributed by atoms with Crippen LogP contribution in [0.15, 0.2) is 98.1 Å². The molecule has 6 rings (SSSR count). The van der Waals surface area contributed by atoms with Gasteiger partial charge >= 0.3 is 0 Å². The quantitative estimate of drug-likeness (QED) is 0.247. The molecule has 3 aromatic rings. The first-order chi connectivity index (χ1) is 22.2. The lowest BCUT2D eigenvalue weighted by molar-refractivity contribution is -0.146. The van der Waals surface area contributed by atoms with Crippen LogP contribution in [0.25, 0.3) is 10.8 Å². The number of anilines is 1. The fourth-order valence-electron chi connectivity index (χ4n) is 8.24. The van der Waals surface area contributed by atoms with E-state index in [0.717, 1.165) is 29.2 Å². The molecule has 0 aromatic heterocycles. The molecular formula is C38H43N3O4S. The summed E-state index contributed by atoms with van der Waals surface area (Å²) in [6.45, 7) is 12.8. The Hall–Kier alpha value is -3.88. The van der Waals surface area contributed by atoms with Gasteiger partial charge in [-0.1, -0.05) is 79.7 Å². The standard InChI is InChI=1S/C38H43N3O4S/c1-5-21-39(22-6-2)34(43)31-32-35(44)41(30(25-42)27-14-9-8-10-15-27)33(38(32)20-19-37(31,4)46-38)36(45)40(23-7-3)29-18-17-26-13-11-12-16-28(26)24-29/h5,7-18,24,30-33,42H,1,3,6,19-23,25H2,2,4H3/t30-,31-,32+,33?,37+,38?/m1/s1. The Morgan fingerprint density at radius 2 is 1.70 bits per heavy atom. The van der Waals surface area contributed by atoms with Crippen LogP contribution in [0.1, 0.15) is 44.7 Å². The predicted octanol–water partition coefficient (Wildman–Crippen LogP) is 6.00. The first-order valence-corrected chi connectivity index (χ1v) is 17.0. The summed E-state index contributed by atoms with van der Waals surface area (Å²) < 4.78 is -1.32. The molecule has 0 aliphatic carbocycles. The summed E-state index contributed by atoms with van der Waals surface area (Å²) in [5.41, 5.74) is 1.47. The lowest BCUT2D eigenvalue weighted by Gasteiger charge is -2.39. The number of fused-ring (bicyclic) bond motifs is 2. The van der Waals surface area contributed by atoms with Gasteiger partial charge < -0.3 is 19.8 Å². The van der Waals surface area contributed by atoms with E-state index in [-0.39, 0.29) is 30.9 Å². The van der Waals surface area contributed by atoms with Gasteiger partial charge in [-0.25, -0.2) is 0 Å². The van der Waals surface area contributed by atoms with Crippen LogP contribution in [0.2, 0.25) is 0 Å². The number of thioether (sulfide) groups is 1. The lowest BCUT2D eigenvalue weighted by atomic mass is 9.66. The van der Waals surface area contributed by atoms with Crippen LogP contribution in [0.4, 0.5) is 5.69 Å². The zero-order valence-corrected chi connectivity index (χ0v) is 27.5. The molecule has 2 bridgehead atoms. The van der Waals surface area contributed by atoms with Crippen LogP contribution in [0.3, 0.4) is 0 Å². The average molecular weight is 638 g/mol. The molecule has 240 valence electrons. The molecule has 1 spiro atoms. The number of amides is 3. The maximum absolute atomic E-state index is 15.2. The molecule has 3 amide bonds. The Kier molecular flexibility index (Phi) is 8.87. The van der Waals surface area contributed by atoms with E-state index in [1.165, 1.54) is 0 Å². The molecular weight excluding hydrogens is 595 g/mol. The minimum atomic E-state index is -0.891. The van der Waals surface area contributed by atoms with Crippen molar-refractivity contribution in [1.29, 1.82) is 0 Å². The van der Waals surface area contributed by atoms with Gasteiger partial charge in [0.2, 0.25) is 11.8 Å². The summed E-state index contributed by atoms with van der Waals surface area (Å²) in [4.78, 5) is 49.7. The molecule has 8 heteroatoms. The maximum Gasteiger partial charge on any atom is 0.251 e. The van der Waals surface area contributed by atoms with E-state index in [1.807, 2.05) is 84.6 Å². The van der Waals surface area contributed by atoms with Gasteiger partial charge in [-0.05, 0) is 54.7 Å². The summed E-state index contributed by atoms with van der Waals surface area (Å²) in [5, 5.41) is 13.0. The number of benzene rings is 3. The number of hydrogen-bond acceptors (Lipinski definition) is 5. The number of carbonyl (C=O) groups excluding carboxylic acids is 3. The molecule has 1 N–H and O–H groups in total. The van der Waals surface area contributed by atoms with Gasteiger partial charge in [-0.3, -0.25) is 14.4 Å². The third-order valence-corrected chi connectivity index (χ3v) is 12.2. The van der Waals surface area contributed by atoms with E-state index >= 15 is 4.79 Å². The van der Waals surface area contributed by atoms with E-state index in [9.17, 15) is 14.7 Å². The van der Waals surface area contributed by atoms with Crippen molar-refractivity contribution in [2.75, 3.05) is 31.1 Å². The molecule has 0 radical (unpaired) electrons. The highest BCUT2D eigenvalue weighted by atomic mass is 32.2. The van der Waals surface area contributed by atoms with Gasteiger partial charge in [0.05, 0.1) is 29.2 Å². The van der Waals surface area contributed by atoms with Crippen LogP contribution < -0.4 is 4.90 Å². The number of likely N-dealkylation sites (tertiary alicyclic amines) is 1. The fraction of sp³-hybridized carbons (Fsp3) is 0.395. The summed E-state index contributed by atoms with van der Waals surface area (Å²) in [6, 6.07) is 21.7. The first kappa shape index (κ1) is 32.1. The largest absolute Gasteiger partial charge is 0.394 e. The van der Waals surface area contributed by atoms with Crippen molar-refractivity contribution < 1.29 is 19.5 Å². The second-order valence-electron chi connectivity index (χ2n) is 12.9. The highest BCUT2D eigenvalue weighted by molar-refractivity contribution is 8.02.